The number of rotatable bonds is 17. The van der Waals surface area contributed by atoms with Crippen LogP contribution in [0.1, 0.15) is 56.6 Å². The number of carbonyl (C=O) groups is 2. The monoisotopic (exact) mass is 757 g/mol. The summed E-state index contributed by atoms with van der Waals surface area (Å²) in [7, 11) is 2.86. The zero-order chi connectivity index (χ0) is 39.6. The highest BCUT2D eigenvalue weighted by Crippen LogP contribution is 2.42. The van der Waals surface area contributed by atoms with Gasteiger partial charge >= 0.3 is 11.9 Å². The number of aryl methyl sites for hydroxylation is 3. The average molecular weight is 758 g/mol. The van der Waals surface area contributed by atoms with Crippen molar-refractivity contribution in [2.45, 2.75) is 64.8 Å². The summed E-state index contributed by atoms with van der Waals surface area (Å²) in [6.45, 7) is 3.20. The Balaban J connectivity index is 1.34. The standard InChI is InChI=1S/C50H51N3O4/c1-4-5-6-13-34-51-47-30-28-43(52(39-14-9-7-10-15-39)41-24-18-37(19-25-41)22-32-49(54)56-2)35-45(47)46-36-44(29-31-48(46)51)53(40-16-11-8-12-17-40)42-26-20-38(21-27-42)23-33-50(55)57-3/h7-12,14-21,24-31,35-36H,4-6,13,22-23,32-34H2,1-3H3. The largest absolute Gasteiger partial charge is 0.469 e. The van der Waals surface area contributed by atoms with Crippen LogP contribution in [0.15, 0.2) is 146 Å². The second kappa shape index (κ2) is 18.5. The summed E-state index contributed by atoms with van der Waals surface area (Å²) in [4.78, 5) is 28.3. The van der Waals surface area contributed by atoms with Gasteiger partial charge in [0.05, 0.1) is 14.2 Å². The van der Waals surface area contributed by atoms with Crippen LogP contribution in [0.5, 0.6) is 0 Å². The molecular formula is C50H51N3O4. The number of unbranched alkanes of at least 4 members (excludes halogenated alkanes) is 3. The van der Waals surface area contributed by atoms with Gasteiger partial charge in [-0.25, -0.2) is 0 Å². The van der Waals surface area contributed by atoms with E-state index in [1.165, 1.54) is 55.3 Å². The molecule has 7 aromatic rings. The van der Waals surface area contributed by atoms with E-state index in [2.05, 4.69) is 155 Å². The van der Waals surface area contributed by atoms with E-state index in [-0.39, 0.29) is 11.9 Å². The first-order valence-corrected chi connectivity index (χ1v) is 20.0. The molecule has 0 unspecified atom stereocenters. The van der Waals surface area contributed by atoms with Crippen molar-refractivity contribution in [2.24, 2.45) is 0 Å². The van der Waals surface area contributed by atoms with E-state index in [1.54, 1.807) is 0 Å². The fourth-order valence-electron chi connectivity index (χ4n) is 7.66. The molecule has 0 aliphatic rings. The molecule has 0 amide bonds. The van der Waals surface area contributed by atoms with Gasteiger partial charge in [0.15, 0.2) is 0 Å². The Kier molecular flexibility index (Phi) is 12.7. The van der Waals surface area contributed by atoms with Crippen LogP contribution in [0, 0.1) is 0 Å². The van der Waals surface area contributed by atoms with E-state index in [4.69, 9.17) is 9.47 Å². The first kappa shape index (κ1) is 38.9. The summed E-state index contributed by atoms with van der Waals surface area (Å²) < 4.78 is 12.2. The first-order valence-electron chi connectivity index (χ1n) is 20.0. The normalized spacial score (nSPS) is 11.1. The first-order chi connectivity index (χ1) is 28.0. The molecule has 1 aromatic heterocycles. The number of anilines is 6. The Hall–Kier alpha value is -6.34. The molecule has 0 saturated heterocycles. The predicted octanol–water partition coefficient (Wildman–Crippen LogP) is 12.5. The van der Waals surface area contributed by atoms with Crippen LogP contribution in [0.4, 0.5) is 34.1 Å². The Morgan fingerprint density at radius 2 is 0.895 bits per heavy atom. The highest BCUT2D eigenvalue weighted by molar-refractivity contribution is 6.11. The van der Waals surface area contributed by atoms with Crippen LogP contribution in [-0.4, -0.2) is 30.7 Å². The summed E-state index contributed by atoms with van der Waals surface area (Å²) in [5.41, 5.74) is 10.9. The second-order valence-corrected chi connectivity index (χ2v) is 14.4. The molecule has 0 aliphatic heterocycles. The van der Waals surface area contributed by atoms with Crippen molar-refractivity contribution < 1.29 is 19.1 Å². The molecule has 0 saturated carbocycles. The van der Waals surface area contributed by atoms with Crippen molar-refractivity contribution in [1.29, 1.82) is 0 Å². The van der Waals surface area contributed by atoms with Gasteiger partial charge in [-0.1, -0.05) is 86.8 Å². The zero-order valence-corrected chi connectivity index (χ0v) is 33.2. The molecule has 7 rings (SSSR count). The van der Waals surface area contributed by atoms with Crippen molar-refractivity contribution in [3.8, 4) is 0 Å². The highest BCUT2D eigenvalue weighted by Gasteiger charge is 2.20. The third-order valence-electron chi connectivity index (χ3n) is 10.7. The number of para-hydroxylation sites is 2. The Morgan fingerprint density at radius 3 is 1.30 bits per heavy atom. The molecule has 0 N–H and O–H groups in total. The summed E-state index contributed by atoms with van der Waals surface area (Å²) in [5.74, 6) is -0.411. The van der Waals surface area contributed by atoms with Gasteiger partial charge in [-0.3, -0.25) is 9.59 Å². The SMILES string of the molecule is CCCCCCn1c2ccc(N(c3ccccc3)c3ccc(CCC(=O)OC)cc3)cc2c2cc(N(c3ccccc3)c3ccc(CCC(=O)OC)cc3)ccc21. The number of nitrogens with zero attached hydrogens (tertiary/aromatic N) is 3. The molecule has 0 spiro atoms. The number of ether oxygens (including phenoxy) is 2. The number of methoxy groups -OCH3 is 2. The average Bonchev–Trinajstić information content (AvgIpc) is 3.57. The van der Waals surface area contributed by atoms with Gasteiger partial charge in [0, 0.05) is 75.3 Å². The van der Waals surface area contributed by atoms with Crippen LogP contribution < -0.4 is 9.80 Å². The number of aromatic nitrogens is 1. The van der Waals surface area contributed by atoms with Crippen molar-refractivity contribution in [1.82, 2.24) is 4.57 Å². The molecule has 57 heavy (non-hydrogen) atoms. The molecule has 1 heterocycles. The van der Waals surface area contributed by atoms with E-state index >= 15 is 0 Å². The van der Waals surface area contributed by atoms with Gasteiger partial charge < -0.3 is 23.8 Å². The van der Waals surface area contributed by atoms with Crippen molar-refractivity contribution >= 4 is 67.9 Å². The number of fused-ring (bicyclic) bond motifs is 3. The lowest BCUT2D eigenvalue weighted by atomic mass is 10.1. The Bertz CT molecular complexity index is 2240. The molecule has 0 atom stereocenters. The Labute approximate surface area is 336 Å². The molecule has 0 radical (unpaired) electrons. The minimum absolute atomic E-state index is 0.205. The summed E-state index contributed by atoms with van der Waals surface area (Å²) >= 11 is 0. The van der Waals surface area contributed by atoms with Gasteiger partial charge in [-0.2, -0.15) is 0 Å². The molecular weight excluding hydrogens is 707 g/mol. The van der Waals surface area contributed by atoms with E-state index in [0.717, 1.165) is 58.2 Å². The van der Waals surface area contributed by atoms with Crippen LogP contribution in [0.3, 0.4) is 0 Å². The number of benzene rings is 6. The van der Waals surface area contributed by atoms with Gasteiger partial charge in [0.1, 0.15) is 0 Å². The maximum Gasteiger partial charge on any atom is 0.305 e. The van der Waals surface area contributed by atoms with Crippen molar-refractivity contribution in [3.05, 3.63) is 157 Å². The fraction of sp³-hybridized carbons (Fsp3) is 0.240. The minimum Gasteiger partial charge on any atom is -0.469 e. The number of carbonyl (C=O) groups excluding carboxylic acids is 2. The number of hydrogen-bond donors (Lipinski definition) is 0. The third-order valence-corrected chi connectivity index (χ3v) is 10.7. The van der Waals surface area contributed by atoms with E-state index in [0.29, 0.717) is 25.7 Å². The Morgan fingerprint density at radius 1 is 0.491 bits per heavy atom. The van der Waals surface area contributed by atoms with Crippen molar-refractivity contribution in [2.75, 3.05) is 24.0 Å². The topological polar surface area (TPSA) is 64.0 Å². The lowest BCUT2D eigenvalue weighted by Crippen LogP contribution is -2.10. The number of esters is 2. The summed E-state index contributed by atoms with van der Waals surface area (Å²) in [6.07, 6.45) is 6.70. The van der Waals surface area contributed by atoms with E-state index < -0.39 is 0 Å². The maximum absolute atomic E-state index is 11.8. The molecule has 0 bridgehead atoms. The van der Waals surface area contributed by atoms with Crippen LogP contribution in [0.25, 0.3) is 21.8 Å². The molecule has 0 fully saturated rings. The molecule has 0 aliphatic carbocycles. The van der Waals surface area contributed by atoms with Gasteiger partial charge in [0.2, 0.25) is 0 Å². The minimum atomic E-state index is -0.205. The lowest BCUT2D eigenvalue weighted by molar-refractivity contribution is -0.141. The van der Waals surface area contributed by atoms with Gasteiger partial charge in [-0.15, -0.1) is 0 Å². The van der Waals surface area contributed by atoms with Gasteiger partial charge in [-0.05, 0) is 115 Å². The van der Waals surface area contributed by atoms with E-state index in [9.17, 15) is 9.59 Å². The predicted molar refractivity (Wildman–Crippen MR) is 234 cm³/mol. The summed E-state index contributed by atoms with van der Waals surface area (Å²) in [5, 5.41) is 2.39. The molecule has 7 nitrogen and oxygen atoms in total. The van der Waals surface area contributed by atoms with Crippen LogP contribution in [-0.2, 0) is 38.4 Å². The molecule has 290 valence electrons. The van der Waals surface area contributed by atoms with Crippen molar-refractivity contribution in [3.63, 3.8) is 0 Å². The van der Waals surface area contributed by atoms with Crippen LogP contribution in [0.2, 0.25) is 0 Å². The highest BCUT2D eigenvalue weighted by atomic mass is 16.5. The van der Waals surface area contributed by atoms with Gasteiger partial charge in [0.25, 0.3) is 0 Å². The quantitative estimate of drug-likeness (QED) is 0.0681. The maximum atomic E-state index is 11.8. The lowest BCUT2D eigenvalue weighted by Gasteiger charge is -2.26. The smallest absolute Gasteiger partial charge is 0.305 e. The number of hydrogen-bond acceptors (Lipinski definition) is 6. The second-order valence-electron chi connectivity index (χ2n) is 14.4. The van der Waals surface area contributed by atoms with E-state index in [1.807, 2.05) is 12.1 Å². The summed E-state index contributed by atoms with van der Waals surface area (Å²) in [6, 6.07) is 51.6. The fourth-order valence-corrected chi connectivity index (χ4v) is 7.66. The third kappa shape index (κ3) is 9.05. The molecule has 7 heteroatoms. The van der Waals surface area contributed by atoms with Crippen LogP contribution >= 0.6 is 0 Å². The zero-order valence-electron chi connectivity index (χ0n) is 33.2. The molecule has 6 aromatic carbocycles.